The van der Waals surface area contributed by atoms with Crippen LogP contribution in [0.1, 0.15) is 37.3 Å². The molecule has 0 heterocycles. The van der Waals surface area contributed by atoms with Crippen LogP contribution in [0.2, 0.25) is 0 Å². The highest BCUT2D eigenvalue weighted by atomic mass is 32.2. The molecular formula is C17H27N3O4S. The van der Waals surface area contributed by atoms with E-state index in [9.17, 15) is 18.0 Å². The minimum absolute atomic E-state index is 0.108. The molecule has 140 valence electrons. The molecule has 1 rings (SSSR count). The Bertz CT molecular complexity index is 702. The molecular weight excluding hydrogens is 342 g/mol. The lowest BCUT2D eigenvalue weighted by Crippen LogP contribution is -2.42. The van der Waals surface area contributed by atoms with Crippen LogP contribution in [-0.2, 0) is 19.6 Å². The number of amides is 2. The van der Waals surface area contributed by atoms with E-state index < -0.39 is 22.5 Å². The number of hydrogen-bond donors (Lipinski definition) is 3. The van der Waals surface area contributed by atoms with Gasteiger partial charge in [-0.3, -0.25) is 9.59 Å². The monoisotopic (exact) mass is 369 g/mol. The van der Waals surface area contributed by atoms with E-state index in [1.54, 1.807) is 12.1 Å². The Morgan fingerprint density at radius 1 is 0.960 bits per heavy atom. The van der Waals surface area contributed by atoms with Gasteiger partial charge in [-0.25, -0.2) is 13.1 Å². The van der Waals surface area contributed by atoms with Crippen LogP contribution in [0.25, 0.3) is 0 Å². The predicted molar refractivity (Wildman–Crippen MR) is 96.6 cm³/mol. The van der Waals surface area contributed by atoms with Crippen molar-refractivity contribution in [2.24, 2.45) is 0 Å². The van der Waals surface area contributed by atoms with Gasteiger partial charge in [0.2, 0.25) is 21.8 Å². The molecule has 25 heavy (non-hydrogen) atoms. The van der Waals surface area contributed by atoms with Crippen molar-refractivity contribution >= 4 is 21.8 Å². The summed E-state index contributed by atoms with van der Waals surface area (Å²) in [7, 11) is -3.77. The van der Waals surface area contributed by atoms with Gasteiger partial charge in [-0.15, -0.1) is 0 Å². The first kappa shape index (κ1) is 21.1. The van der Waals surface area contributed by atoms with E-state index in [1.807, 2.05) is 13.8 Å². The number of sulfonamides is 1. The number of nitrogens with one attached hydrogen (secondary N) is 3. The Balaban J connectivity index is 2.39. The van der Waals surface area contributed by atoms with Gasteiger partial charge in [0.25, 0.3) is 0 Å². The second-order valence-electron chi connectivity index (χ2n) is 5.90. The second kappa shape index (κ2) is 10.1. The Morgan fingerprint density at radius 2 is 1.64 bits per heavy atom. The molecule has 0 fully saturated rings. The van der Waals surface area contributed by atoms with Gasteiger partial charge in [0, 0.05) is 6.54 Å². The molecule has 0 aromatic heterocycles. The number of rotatable bonds is 10. The Morgan fingerprint density at radius 3 is 2.28 bits per heavy atom. The number of aryl methyl sites for hydroxylation is 2. The predicted octanol–water partition coefficient (Wildman–Crippen LogP) is 1.00. The highest BCUT2D eigenvalue weighted by molar-refractivity contribution is 7.89. The van der Waals surface area contributed by atoms with Crippen LogP contribution in [0, 0.1) is 13.8 Å². The topological polar surface area (TPSA) is 104 Å². The molecule has 0 aliphatic rings. The van der Waals surface area contributed by atoms with Gasteiger partial charge < -0.3 is 10.6 Å². The van der Waals surface area contributed by atoms with Gasteiger partial charge in [0.1, 0.15) is 0 Å². The van der Waals surface area contributed by atoms with Crippen LogP contribution in [0.5, 0.6) is 0 Å². The van der Waals surface area contributed by atoms with Crippen molar-refractivity contribution in [2.75, 3.05) is 19.6 Å². The van der Waals surface area contributed by atoms with E-state index in [2.05, 4.69) is 22.3 Å². The molecule has 0 saturated heterocycles. The molecule has 0 spiro atoms. The zero-order chi connectivity index (χ0) is 18.9. The summed E-state index contributed by atoms with van der Waals surface area (Å²) < 4.78 is 26.6. The van der Waals surface area contributed by atoms with Crippen molar-refractivity contribution in [3.8, 4) is 0 Å². The SMILES string of the molecule is CCCCCNC(=O)CNC(=O)CNS(=O)(=O)c1ccc(C)c(C)c1. The van der Waals surface area contributed by atoms with E-state index in [-0.39, 0.29) is 17.3 Å². The van der Waals surface area contributed by atoms with E-state index in [0.29, 0.717) is 6.54 Å². The molecule has 0 unspecified atom stereocenters. The Hall–Kier alpha value is -1.93. The molecule has 3 N–H and O–H groups in total. The molecule has 2 amide bonds. The average Bonchev–Trinajstić information content (AvgIpc) is 2.57. The number of carbonyl (C=O) groups excluding carboxylic acids is 2. The summed E-state index contributed by atoms with van der Waals surface area (Å²) in [5.74, 6) is -0.849. The third-order valence-corrected chi connectivity index (χ3v) is 5.16. The highest BCUT2D eigenvalue weighted by Crippen LogP contribution is 2.14. The van der Waals surface area contributed by atoms with Crippen LogP contribution >= 0.6 is 0 Å². The number of unbranched alkanes of at least 4 members (excludes halogenated alkanes) is 2. The van der Waals surface area contributed by atoms with E-state index in [4.69, 9.17) is 0 Å². The van der Waals surface area contributed by atoms with Crippen molar-refractivity contribution in [3.05, 3.63) is 29.3 Å². The second-order valence-corrected chi connectivity index (χ2v) is 7.67. The lowest BCUT2D eigenvalue weighted by Gasteiger charge is -2.09. The summed E-state index contributed by atoms with van der Waals surface area (Å²) in [6, 6.07) is 4.76. The fourth-order valence-corrected chi connectivity index (χ4v) is 3.10. The quantitative estimate of drug-likeness (QED) is 0.535. The minimum Gasteiger partial charge on any atom is -0.355 e. The lowest BCUT2D eigenvalue weighted by atomic mass is 10.1. The van der Waals surface area contributed by atoms with Crippen LogP contribution < -0.4 is 15.4 Å². The van der Waals surface area contributed by atoms with Gasteiger partial charge >= 0.3 is 0 Å². The van der Waals surface area contributed by atoms with Crippen LogP contribution in [0.15, 0.2) is 23.1 Å². The average molecular weight is 369 g/mol. The van der Waals surface area contributed by atoms with Crippen LogP contribution in [0.3, 0.4) is 0 Å². The van der Waals surface area contributed by atoms with Crippen molar-refractivity contribution in [2.45, 2.75) is 44.9 Å². The maximum atomic E-state index is 12.2. The van der Waals surface area contributed by atoms with Crippen molar-refractivity contribution in [1.82, 2.24) is 15.4 Å². The van der Waals surface area contributed by atoms with Crippen LogP contribution in [0.4, 0.5) is 0 Å². The number of hydrogen-bond acceptors (Lipinski definition) is 4. The normalized spacial score (nSPS) is 11.2. The first-order chi connectivity index (χ1) is 11.8. The molecule has 7 nitrogen and oxygen atoms in total. The summed E-state index contributed by atoms with van der Waals surface area (Å²) in [6.07, 6.45) is 2.99. The zero-order valence-electron chi connectivity index (χ0n) is 15.0. The van der Waals surface area contributed by atoms with E-state index in [1.165, 1.54) is 6.07 Å². The highest BCUT2D eigenvalue weighted by Gasteiger charge is 2.16. The summed E-state index contributed by atoms with van der Waals surface area (Å²) in [6.45, 7) is 5.76. The van der Waals surface area contributed by atoms with Crippen LogP contribution in [-0.4, -0.2) is 39.9 Å². The van der Waals surface area contributed by atoms with Gasteiger partial charge in [0.15, 0.2) is 0 Å². The maximum absolute atomic E-state index is 12.2. The Kier molecular flexibility index (Phi) is 8.57. The lowest BCUT2D eigenvalue weighted by molar-refractivity contribution is -0.125. The van der Waals surface area contributed by atoms with Crippen molar-refractivity contribution in [1.29, 1.82) is 0 Å². The van der Waals surface area contributed by atoms with Crippen molar-refractivity contribution < 1.29 is 18.0 Å². The Labute approximate surface area is 149 Å². The number of benzene rings is 1. The first-order valence-corrected chi connectivity index (χ1v) is 9.85. The van der Waals surface area contributed by atoms with Gasteiger partial charge in [-0.05, 0) is 43.5 Å². The number of carbonyl (C=O) groups is 2. The molecule has 1 aromatic rings. The van der Waals surface area contributed by atoms with Crippen molar-refractivity contribution in [3.63, 3.8) is 0 Å². The molecule has 0 atom stereocenters. The fraction of sp³-hybridized carbons (Fsp3) is 0.529. The van der Waals surface area contributed by atoms with E-state index in [0.717, 1.165) is 30.4 Å². The smallest absolute Gasteiger partial charge is 0.241 e. The summed E-state index contributed by atoms with van der Waals surface area (Å²) >= 11 is 0. The molecule has 0 aliphatic heterocycles. The zero-order valence-corrected chi connectivity index (χ0v) is 15.8. The summed E-state index contributed by atoms with van der Waals surface area (Å²) in [4.78, 5) is 23.4. The molecule has 0 radical (unpaired) electrons. The van der Waals surface area contributed by atoms with Gasteiger partial charge in [0.05, 0.1) is 18.0 Å². The third kappa shape index (κ3) is 7.66. The maximum Gasteiger partial charge on any atom is 0.241 e. The molecule has 0 bridgehead atoms. The molecule has 0 saturated carbocycles. The molecule has 0 aliphatic carbocycles. The standard InChI is InChI=1S/C17H27N3O4S/c1-4-5-6-9-18-16(21)11-19-17(22)12-20-25(23,24)15-8-7-13(2)14(3)10-15/h7-8,10,20H,4-6,9,11-12H2,1-3H3,(H,18,21)(H,19,22). The van der Waals surface area contributed by atoms with E-state index >= 15 is 0 Å². The first-order valence-electron chi connectivity index (χ1n) is 8.36. The largest absolute Gasteiger partial charge is 0.355 e. The van der Waals surface area contributed by atoms with Gasteiger partial charge in [-0.1, -0.05) is 25.8 Å². The van der Waals surface area contributed by atoms with Gasteiger partial charge in [-0.2, -0.15) is 0 Å². The molecule has 1 aromatic carbocycles. The fourth-order valence-electron chi connectivity index (χ4n) is 2.03. The minimum atomic E-state index is -3.77. The third-order valence-electron chi connectivity index (χ3n) is 3.76. The molecule has 8 heteroatoms. The summed E-state index contributed by atoms with van der Waals surface area (Å²) in [5, 5.41) is 5.08. The summed E-state index contributed by atoms with van der Waals surface area (Å²) in [5.41, 5.74) is 1.84.